The Bertz CT molecular complexity index is 620. The SMILES string of the molecule is CCOC(=O)C1CCCc2cc(Cc3ncc[nH]3)ccc21. The summed E-state index contributed by atoms with van der Waals surface area (Å²) < 4.78 is 5.20. The Morgan fingerprint density at radius 2 is 2.38 bits per heavy atom. The summed E-state index contributed by atoms with van der Waals surface area (Å²) in [5, 5.41) is 0. The fraction of sp³-hybridized carbons (Fsp3) is 0.412. The topological polar surface area (TPSA) is 55.0 Å². The Kier molecular flexibility index (Phi) is 4.04. The predicted molar refractivity (Wildman–Crippen MR) is 80.1 cm³/mol. The van der Waals surface area contributed by atoms with Crippen LogP contribution in [0.4, 0.5) is 0 Å². The van der Waals surface area contributed by atoms with E-state index in [1.807, 2.05) is 13.1 Å². The van der Waals surface area contributed by atoms with E-state index in [1.54, 1.807) is 6.20 Å². The van der Waals surface area contributed by atoms with Gasteiger partial charge >= 0.3 is 5.97 Å². The van der Waals surface area contributed by atoms with Crippen LogP contribution in [-0.4, -0.2) is 22.5 Å². The van der Waals surface area contributed by atoms with E-state index in [9.17, 15) is 4.79 Å². The number of H-pyrrole nitrogens is 1. The van der Waals surface area contributed by atoms with Crippen molar-refractivity contribution in [2.24, 2.45) is 0 Å². The van der Waals surface area contributed by atoms with Crippen molar-refractivity contribution >= 4 is 5.97 Å². The molecule has 1 heterocycles. The van der Waals surface area contributed by atoms with Crippen LogP contribution in [-0.2, 0) is 22.4 Å². The number of aromatic nitrogens is 2. The summed E-state index contributed by atoms with van der Waals surface area (Å²) in [5.74, 6) is 0.788. The molecule has 1 N–H and O–H groups in total. The molecule has 1 unspecified atom stereocenters. The molecule has 1 aliphatic carbocycles. The van der Waals surface area contributed by atoms with Gasteiger partial charge in [-0.2, -0.15) is 0 Å². The number of hydrogen-bond acceptors (Lipinski definition) is 3. The lowest BCUT2D eigenvalue weighted by molar-refractivity contribution is -0.145. The number of esters is 1. The minimum Gasteiger partial charge on any atom is -0.466 e. The summed E-state index contributed by atoms with van der Waals surface area (Å²) in [6.07, 6.45) is 7.38. The number of nitrogens with zero attached hydrogens (tertiary/aromatic N) is 1. The van der Waals surface area contributed by atoms with Crippen LogP contribution in [0.2, 0.25) is 0 Å². The lowest BCUT2D eigenvalue weighted by Gasteiger charge is -2.24. The number of aryl methyl sites for hydroxylation is 1. The molecule has 0 aliphatic heterocycles. The minimum absolute atomic E-state index is 0.0859. The first-order valence-electron chi connectivity index (χ1n) is 7.54. The van der Waals surface area contributed by atoms with Crippen molar-refractivity contribution < 1.29 is 9.53 Å². The van der Waals surface area contributed by atoms with Gasteiger partial charge in [-0.15, -0.1) is 0 Å². The van der Waals surface area contributed by atoms with Crippen molar-refractivity contribution in [3.05, 3.63) is 53.1 Å². The molecule has 2 aromatic rings. The van der Waals surface area contributed by atoms with Gasteiger partial charge in [-0.25, -0.2) is 4.98 Å². The zero-order valence-electron chi connectivity index (χ0n) is 12.3. The molecular weight excluding hydrogens is 264 g/mol. The van der Waals surface area contributed by atoms with Gasteiger partial charge in [0.05, 0.1) is 12.5 Å². The maximum Gasteiger partial charge on any atom is 0.313 e. The maximum atomic E-state index is 12.1. The fourth-order valence-electron chi connectivity index (χ4n) is 3.05. The summed E-state index contributed by atoms with van der Waals surface area (Å²) in [4.78, 5) is 19.5. The summed E-state index contributed by atoms with van der Waals surface area (Å²) in [6.45, 7) is 2.30. The van der Waals surface area contributed by atoms with Gasteiger partial charge in [0.25, 0.3) is 0 Å². The molecular formula is C17H20N2O2. The van der Waals surface area contributed by atoms with Crippen molar-refractivity contribution in [3.8, 4) is 0 Å². The third-order valence-electron chi connectivity index (χ3n) is 4.02. The van der Waals surface area contributed by atoms with Crippen molar-refractivity contribution in [1.29, 1.82) is 0 Å². The fourth-order valence-corrected chi connectivity index (χ4v) is 3.05. The standard InChI is InChI=1S/C17H20N2O2/c1-2-21-17(20)15-5-3-4-13-10-12(6-7-14(13)15)11-16-18-8-9-19-16/h6-10,15H,2-5,11H2,1H3,(H,18,19). The predicted octanol–water partition coefficient (Wildman–Crippen LogP) is 2.98. The third kappa shape index (κ3) is 2.99. The van der Waals surface area contributed by atoms with Crippen LogP contribution < -0.4 is 0 Å². The highest BCUT2D eigenvalue weighted by atomic mass is 16.5. The molecule has 3 rings (SSSR count). The maximum absolute atomic E-state index is 12.1. The highest BCUT2D eigenvalue weighted by molar-refractivity contribution is 5.79. The zero-order chi connectivity index (χ0) is 14.7. The summed E-state index contributed by atoms with van der Waals surface area (Å²) in [6, 6.07) is 6.40. The smallest absolute Gasteiger partial charge is 0.313 e. The first-order chi connectivity index (χ1) is 10.3. The Labute approximate surface area is 124 Å². The van der Waals surface area contributed by atoms with Gasteiger partial charge in [-0.05, 0) is 42.9 Å². The molecule has 0 fully saturated rings. The molecule has 21 heavy (non-hydrogen) atoms. The summed E-state index contributed by atoms with van der Waals surface area (Å²) in [5.41, 5.74) is 3.65. The number of ether oxygens (including phenoxy) is 1. The number of carbonyl (C=O) groups excluding carboxylic acids is 1. The van der Waals surface area contributed by atoms with Gasteiger partial charge in [0.1, 0.15) is 5.82 Å². The van der Waals surface area contributed by atoms with Crippen molar-refractivity contribution in [2.45, 2.75) is 38.5 Å². The number of hydrogen-bond donors (Lipinski definition) is 1. The molecule has 1 aromatic carbocycles. The number of carbonyl (C=O) groups is 1. The van der Waals surface area contributed by atoms with Crippen LogP contribution in [0.5, 0.6) is 0 Å². The molecule has 4 nitrogen and oxygen atoms in total. The summed E-state index contributed by atoms with van der Waals surface area (Å²) >= 11 is 0. The van der Waals surface area contributed by atoms with Crippen LogP contribution in [0.3, 0.4) is 0 Å². The zero-order valence-corrected chi connectivity index (χ0v) is 12.3. The number of fused-ring (bicyclic) bond motifs is 1. The van der Waals surface area contributed by atoms with E-state index in [-0.39, 0.29) is 11.9 Å². The van der Waals surface area contributed by atoms with Gasteiger partial charge in [-0.1, -0.05) is 18.2 Å². The van der Waals surface area contributed by atoms with Gasteiger partial charge in [-0.3, -0.25) is 4.79 Å². The second-order valence-electron chi connectivity index (χ2n) is 5.44. The lowest BCUT2D eigenvalue weighted by Crippen LogP contribution is -2.21. The number of aromatic amines is 1. The molecule has 0 saturated carbocycles. The van der Waals surface area contributed by atoms with Crippen LogP contribution in [0.15, 0.2) is 30.6 Å². The van der Waals surface area contributed by atoms with Crippen LogP contribution in [0.25, 0.3) is 0 Å². The van der Waals surface area contributed by atoms with Crippen molar-refractivity contribution in [2.75, 3.05) is 6.61 Å². The van der Waals surface area contributed by atoms with Gasteiger partial charge in [0, 0.05) is 18.8 Å². The molecule has 0 radical (unpaired) electrons. The summed E-state index contributed by atoms with van der Waals surface area (Å²) in [7, 11) is 0. The lowest BCUT2D eigenvalue weighted by atomic mass is 9.82. The molecule has 0 bridgehead atoms. The minimum atomic E-state index is -0.0913. The number of nitrogens with one attached hydrogen (secondary N) is 1. The van der Waals surface area contributed by atoms with E-state index in [2.05, 4.69) is 28.2 Å². The van der Waals surface area contributed by atoms with E-state index in [0.717, 1.165) is 37.1 Å². The molecule has 1 aliphatic rings. The Morgan fingerprint density at radius 3 is 3.14 bits per heavy atom. The Balaban J connectivity index is 1.83. The number of rotatable bonds is 4. The molecule has 4 heteroatoms. The van der Waals surface area contributed by atoms with Crippen LogP contribution >= 0.6 is 0 Å². The number of imidazole rings is 1. The highest BCUT2D eigenvalue weighted by Gasteiger charge is 2.27. The molecule has 0 amide bonds. The normalized spacial score (nSPS) is 17.3. The Hall–Kier alpha value is -2.10. The van der Waals surface area contributed by atoms with E-state index in [1.165, 1.54) is 11.1 Å². The highest BCUT2D eigenvalue weighted by Crippen LogP contribution is 2.33. The number of benzene rings is 1. The average Bonchev–Trinajstić information content (AvgIpc) is 2.99. The molecule has 0 saturated heterocycles. The second kappa shape index (κ2) is 6.12. The van der Waals surface area contributed by atoms with Crippen molar-refractivity contribution in [3.63, 3.8) is 0 Å². The van der Waals surface area contributed by atoms with E-state index >= 15 is 0 Å². The second-order valence-corrected chi connectivity index (χ2v) is 5.44. The Morgan fingerprint density at radius 1 is 1.48 bits per heavy atom. The average molecular weight is 284 g/mol. The molecule has 0 spiro atoms. The third-order valence-corrected chi connectivity index (χ3v) is 4.02. The van der Waals surface area contributed by atoms with Gasteiger partial charge < -0.3 is 9.72 Å². The first kappa shape index (κ1) is 13.9. The molecule has 1 aromatic heterocycles. The molecule has 110 valence electrons. The van der Waals surface area contributed by atoms with Crippen LogP contribution in [0.1, 0.15) is 48.2 Å². The van der Waals surface area contributed by atoms with Gasteiger partial charge in [0.15, 0.2) is 0 Å². The quantitative estimate of drug-likeness (QED) is 0.878. The van der Waals surface area contributed by atoms with E-state index in [0.29, 0.717) is 6.61 Å². The largest absolute Gasteiger partial charge is 0.466 e. The first-order valence-corrected chi connectivity index (χ1v) is 7.54. The monoisotopic (exact) mass is 284 g/mol. The van der Waals surface area contributed by atoms with E-state index < -0.39 is 0 Å². The van der Waals surface area contributed by atoms with Crippen LogP contribution in [0, 0.1) is 0 Å². The van der Waals surface area contributed by atoms with Crippen molar-refractivity contribution in [1.82, 2.24) is 9.97 Å². The van der Waals surface area contributed by atoms with Gasteiger partial charge in [0.2, 0.25) is 0 Å². The molecule has 1 atom stereocenters. The van der Waals surface area contributed by atoms with E-state index in [4.69, 9.17) is 4.74 Å².